The number of ether oxygens (including phenoxy) is 1. The largest absolute Gasteiger partial charge is 0.491 e. The van der Waals surface area contributed by atoms with Crippen molar-refractivity contribution in [3.63, 3.8) is 0 Å². The van der Waals surface area contributed by atoms with Crippen molar-refractivity contribution < 1.29 is 32.6 Å². The van der Waals surface area contributed by atoms with E-state index in [1.807, 2.05) is 13.8 Å². The molecule has 10 nitrogen and oxygen atoms in total. The fourth-order valence-electron chi connectivity index (χ4n) is 2.39. The Morgan fingerprint density at radius 2 is 1.81 bits per heavy atom. The Bertz CT molecular complexity index is 1080. The third-order valence-electron chi connectivity index (χ3n) is 3.62. The van der Waals surface area contributed by atoms with E-state index < -0.39 is 40.5 Å². The predicted molar refractivity (Wildman–Crippen MR) is 115 cm³/mol. The number of benzene rings is 1. The Kier molecular flexibility index (Phi) is 8.11. The van der Waals surface area contributed by atoms with E-state index in [2.05, 4.69) is 15.6 Å². The summed E-state index contributed by atoms with van der Waals surface area (Å²) in [5.74, 6) is -1.83. The summed E-state index contributed by atoms with van der Waals surface area (Å²) in [6, 6.07) is 6.81. The number of sulfone groups is 1. The second-order valence-electron chi connectivity index (χ2n) is 7.07. The smallest absolute Gasteiger partial charge is 0.309 e. The van der Waals surface area contributed by atoms with Crippen LogP contribution in [0.5, 0.6) is 5.75 Å². The molecule has 0 saturated heterocycles. The lowest BCUT2D eigenvalue weighted by atomic mass is 10.2. The van der Waals surface area contributed by atoms with Crippen LogP contribution in [0.2, 0.25) is 0 Å². The van der Waals surface area contributed by atoms with Crippen LogP contribution in [0.1, 0.15) is 26.0 Å². The second kappa shape index (κ2) is 10.4. The van der Waals surface area contributed by atoms with Gasteiger partial charge in [0, 0.05) is 6.26 Å². The van der Waals surface area contributed by atoms with Crippen molar-refractivity contribution in [1.82, 2.24) is 4.98 Å². The van der Waals surface area contributed by atoms with Crippen molar-refractivity contribution in [3.05, 3.63) is 30.0 Å². The molecule has 0 aliphatic carbocycles. The van der Waals surface area contributed by atoms with E-state index in [4.69, 9.17) is 9.84 Å². The fourth-order valence-corrected chi connectivity index (χ4v) is 4.51. The van der Waals surface area contributed by atoms with Gasteiger partial charge in [-0.05, 0) is 18.1 Å². The molecule has 0 aliphatic heterocycles. The standard InChI is InChI=1S/C19H23N3O7S2/c1-11(2)10-29-14-7-5-4-6-12(14)20-15(23)9-16(24)22-19-21-13(8-17(25)26)18(30-19)31(3,27)28/h4-7,11H,8-10H2,1-3H3,(H,20,23)(H,25,26)(H,21,22,24). The van der Waals surface area contributed by atoms with E-state index >= 15 is 0 Å². The molecule has 0 aliphatic rings. The number of carboxylic acids is 1. The molecule has 12 heteroatoms. The van der Waals surface area contributed by atoms with Gasteiger partial charge in [0.25, 0.3) is 0 Å². The van der Waals surface area contributed by atoms with Crippen LogP contribution in [0.15, 0.2) is 28.5 Å². The molecule has 0 saturated carbocycles. The van der Waals surface area contributed by atoms with Crippen molar-refractivity contribution in [2.75, 3.05) is 23.5 Å². The monoisotopic (exact) mass is 469 g/mol. The van der Waals surface area contributed by atoms with Gasteiger partial charge in [-0.15, -0.1) is 0 Å². The highest BCUT2D eigenvalue weighted by Gasteiger charge is 2.23. The molecule has 2 amide bonds. The summed E-state index contributed by atoms with van der Waals surface area (Å²) in [6.07, 6.45) is -0.243. The molecular weight excluding hydrogens is 446 g/mol. The van der Waals surface area contributed by atoms with Crippen molar-refractivity contribution in [1.29, 1.82) is 0 Å². The summed E-state index contributed by atoms with van der Waals surface area (Å²) in [6.45, 7) is 4.43. The summed E-state index contributed by atoms with van der Waals surface area (Å²) < 4.78 is 29.1. The van der Waals surface area contributed by atoms with Crippen LogP contribution in [0.4, 0.5) is 10.8 Å². The van der Waals surface area contributed by atoms with Crippen LogP contribution in [-0.2, 0) is 30.6 Å². The summed E-state index contributed by atoms with van der Waals surface area (Å²) in [5, 5.41) is 13.8. The highest BCUT2D eigenvalue weighted by atomic mass is 32.2. The molecule has 0 fully saturated rings. The number of carbonyl (C=O) groups is 3. The number of nitrogens with zero attached hydrogens (tertiary/aromatic N) is 1. The molecule has 3 N–H and O–H groups in total. The summed E-state index contributed by atoms with van der Waals surface area (Å²) >= 11 is 0.633. The summed E-state index contributed by atoms with van der Waals surface area (Å²) in [7, 11) is -3.73. The van der Waals surface area contributed by atoms with E-state index in [1.165, 1.54) is 0 Å². The van der Waals surface area contributed by atoms with Gasteiger partial charge in [-0.3, -0.25) is 14.4 Å². The van der Waals surface area contributed by atoms with E-state index in [-0.39, 0.29) is 21.0 Å². The lowest BCUT2D eigenvalue weighted by Crippen LogP contribution is -2.21. The van der Waals surface area contributed by atoms with Crippen LogP contribution in [0.25, 0.3) is 0 Å². The minimum Gasteiger partial charge on any atom is -0.491 e. The van der Waals surface area contributed by atoms with Crippen LogP contribution in [0, 0.1) is 5.92 Å². The number of carboxylic acid groups (broad SMARTS) is 1. The van der Waals surface area contributed by atoms with Gasteiger partial charge in [-0.1, -0.05) is 37.3 Å². The van der Waals surface area contributed by atoms with Gasteiger partial charge < -0.3 is 20.5 Å². The van der Waals surface area contributed by atoms with Gasteiger partial charge >= 0.3 is 5.97 Å². The average molecular weight is 470 g/mol. The Labute approximate surface area is 183 Å². The summed E-state index contributed by atoms with van der Waals surface area (Å²) in [4.78, 5) is 39.3. The van der Waals surface area contributed by atoms with Crippen LogP contribution >= 0.6 is 11.3 Å². The van der Waals surface area contributed by atoms with E-state index in [0.29, 0.717) is 29.4 Å². The number of rotatable bonds is 10. The predicted octanol–water partition coefficient (Wildman–Crippen LogP) is 2.18. The molecule has 1 aromatic carbocycles. The first-order chi connectivity index (χ1) is 14.5. The van der Waals surface area contributed by atoms with Gasteiger partial charge in [0.2, 0.25) is 11.8 Å². The maximum atomic E-state index is 12.3. The molecule has 1 aromatic heterocycles. The van der Waals surface area contributed by atoms with Gasteiger partial charge in [0.15, 0.2) is 15.0 Å². The van der Waals surface area contributed by atoms with Crippen molar-refractivity contribution in [2.24, 2.45) is 5.92 Å². The lowest BCUT2D eigenvalue weighted by Gasteiger charge is -2.13. The number of thiazole rings is 1. The Hall–Kier alpha value is -2.99. The molecule has 0 spiro atoms. The second-order valence-corrected chi connectivity index (χ2v) is 10.3. The topological polar surface area (TPSA) is 152 Å². The Morgan fingerprint density at radius 3 is 2.42 bits per heavy atom. The number of aliphatic carboxylic acids is 1. The first kappa shape index (κ1) is 24.3. The van der Waals surface area contributed by atoms with Crippen LogP contribution in [-0.4, -0.2) is 49.2 Å². The lowest BCUT2D eigenvalue weighted by molar-refractivity contribution is -0.136. The molecule has 168 valence electrons. The molecule has 2 aromatic rings. The Morgan fingerprint density at radius 1 is 1.16 bits per heavy atom. The van der Waals surface area contributed by atoms with Crippen LogP contribution < -0.4 is 15.4 Å². The van der Waals surface area contributed by atoms with Gasteiger partial charge in [-0.2, -0.15) is 0 Å². The maximum Gasteiger partial charge on any atom is 0.309 e. The molecule has 1 heterocycles. The number of amides is 2. The van der Waals surface area contributed by atoms with E-state index in [1.54, 1.807) is 24.3 Å². The molecule has 0 radical (unpaired) electrons. The first-order valence-corrected chi connectivity index (χ1v) is 11.9. The Balaban J connectivity index is 2.04. The highest BCUT2D eigenvalue weighted by molar-refractivity contribution is 7.92. The van der Waals surface area contributed by atoms with E-state index in [0.717, 1.165) is 6.26 Å². The van der Waals surface area contributed by atoms with Crippen molar-refractivity contribution >= 4 is 49.8 Å². The van der Waals surface area contributed by atoms with Gasteiger partial charge in [0.1, 0.15) is 16.4 Å². The molecular formula is C19H23N3O7S2. The number of para-hydroxylation sites is 2. The van der Waals surface area contributed by atoms with Gasteiger partial charge in [0.05, 0.1) is 24.4 Å². The zero-order valence-electron chi connectivity index (χ0n) is 17.2. The van der Waals surface area contributed by atoms with Crippen LogP contribution in [0.3, 0.4) is 0 Å². The quantitative estimate of drug-likeness (QED) is 0.448. The average Bonchev–Trinajstić information content (AvgIpc) is 3.02. The zero-order chi connectivity index (χ0) is 23.2. The van der Waals surface area contributed by atoms with Crippen molar-refractivity contribution in [3.8, 4) is 5.75 Å². The highest BCUT2D eigenvalue weighted by Crippen LogP contribution is 2.28. The SMILES string of the molecule is CC(C)COc1ccccc1NC(=O)CC(=O)Nc1nc(CC(=O)O)c(S(C)(=O)=O)s1. The maximum absolute atomic E-state index is 12.3. The molecule has 31 heavy (non-hydrogen) atoms. The number of hydrogen-bond acceptors (Lipinski definition) is 8. The van der Waals surface area contributed by atoms with E-state index in [9.17, 15) is 22.8 Å². The zero-order valence-corrected chi connectivity index (χ0v) is 18.8. The third-order valence-corrected chi connectivity index (χ3v) is 6.49. The molecule has 0 bridgehead atoms. The third kappa shape index (κ3) is 7.64. The minimum absolute atomic E-state index is 0.102. The van der Waals surface area contributed by atoms with Gasteiger partial charge in [-0.25, -0.2) is 13.4 Å². The normalized spacial score (nSPS) is 11.2. The van der Waals surface area contributed by atoms with Crippen molar-refractivity contribution in [2.45, 2.75) is 30.9 Å². The molecule has 0 unspecified atom stereocenters. The number of aromatic nitrogens is 1. The molecule has 2 rings (SSSR count). The number of anilines is 2. The number of carbonyl (C=O) groups excluding carboxylic acids is 2. The first-order valence-electron chi connectivity index (χ1n) is 9.18. The number of nitrogens with one attached hydrogen (secondary N) is 2. The fraction of sp³-hybridized carbons (Fsp3) is 0.368. The minimum atomic E-state index is -3.73. The molecule has 0 atom stereocenters. The number of hydrogen-bond donors (Lipinski definition) is 3. The summed E-state index contributed by atoms with van der Waals surface area (Å²) in [5.41, 5.74) is 0.245.